The van der Waals surface area contributed by atoms with Gasteiger partial charge in [0, 0.05) is 12.8 Å². The molecule has 28 heavy (non-hydrogen) atoms. The quantitative estimate of drug-likeness (QED) is 0.488. The van der Waals surface area contributed by atoms with Gasteiger partial charge in [-0.1, -0.05) is 36.4 Å². The molecule has 1 nitrogen and oxygen atoms in total. The largest absolute Gasteiger partial charge is 0.300 e. The van der Waals surface area contributed by atoms with E-state index in [4.69, 9.17) is 0 Å². The Hall–Kier alpha value is -1.89. The highest BCUT2D eigenvalue weighted by molar-refractivity contribution is 5.80. The zero-order valence-electron chi connectivity index (χ0n) is 17.9. The number of ketones is 1. The predicted octanol–water partition coefficient (Wildman–Crippen LogP) is 6.96. The molecule has 148 valence electrons. The molecule has 1 heteroatoms. The smallest absolute Gasteiger partial charge is 0.134 e. The minimum absolute atomic E-state index is 0.423. The van der Waals surface area contributed by atoms with E-state index in [-0.39, 0.29) is 0 Å². The average molecular weight is 375 g/mol. The van der Waals surface area contributed by atoms with Gasteiger partial charge >= 0.3 is 0 Å². The standard InChI is InChI=1S/C27H34O/c1-17-7-5-8-18(2)26(17)24(21-11-12-21)15-23(28)16-25(22-13-14-22)27-19(3)9-6-10-20(27)4/h5-10,21-22,24-25H,11-16H2,1-4H3/t24-,25+. The van der Waals surface area contributed by atoms with Gasteiger partial charge in [0.1, 0.15) is 5.78 Å². The second-order valence-corrected chi connectivity index (χ2v) is 9.45. The molecule has 0 aromatic heterocycles. The van der Waals surface area contributed by atoms with Gasteiger partial charge in [0.2, 0.25) is 0 Å². The number of hydrogen-bond acceptors (Lipinski definition) is 1. The molecule has 0 radical (unpaired) electrons. The van der Waals surface area contributed by atoms with Gasteiger partial charge < -0.3 is 0 Å². The number of hydrogen-bond donors (Lipinski definition) is 0. The van der Waals surface area contributed by atoms with E-state index in [0.29, 0.717) is 29.5 Å². The summed E-state index contributed by atoms with van der Waals surface area (Å²) in [7, 11) is 0. The van der Waals surface area contributed by atoms with E-state index < -0.39 is 0 Å². The molecule has 0 bridgehead atoms. The van der Waals surface area contributed by atoms with Crippen molar-refractivity contribution in [1.82, 2.24) is 0 Å². The van der Waals surface area contributed by atoms with Crippen LogP contribution in [-0.4, -0.2) is 5.78 Å². The number of rotatable bonds is 8. The topological polar surface area (TPSA) is 17.1 Å². The van der Waals surface area contributed by atoms with E-state index in [9.17, 15) is 4.79 Å². The van der Waals surface area contributed by atoms with Crippen molar-refractivity contribution in [3.63, 3.8) is 0 Å². The van der Waals surface area contributed by atoms with Gasteiger partial charge in [-0.3, -0.25) is 4.79 Å². The Morgan fingerprint density at radius 2 is 1.04 bits per heavy atom. The second kappa shape index (κ2) is 7.85. The summed E-state index contributed by atoms with van der Waals surface area (Å²) in [4.78, 5) is 13.3. The summed E-state index contributed by atoms with van der Waals surface area (Å²) in [5.74, 6) is 2.74. The highest BCUT2D eigenvalue weighted by atomic mass is 16.1. The monoisotopic (exact) mass is 374 g/mol. The van der Waals surface area contributed by atoms with Crippen molar-refractivity contribution in [1.29, 1.82) is 0 Å². The van der Waals surface area contributed by atoms with Gasteiger partial charge in [-0.2, -0.15) is 0 Å². The summed E-state index contributed by atoms with van der Waals surface area (Å²) in [6, 6.07) is 13.1. The van der Waals surface area contributed by atoms with Crippen LogP contribution in [0.15, 0.2) is 36.4 Å². The minimum Gasteiger partial charge on any atom is -0.300 e. The Kier molecular flexibility index (Phi) is 5.45. The summed E-state index contributed by atoms with van der Waals surface area (Å²) >= 11 is 0. The van der Waals surface area contributed by atoms with Crippen LogP contribution in [0.3, 0.4) is 0 Å². The molecule has 2 atom stereocenters. The SMILES string of the molecule is Cc1cccc(C)c1[C@@H](CC(=O)C[C@@H](c1c(C)cccc1C)C1CC1)C1CC1. The summed E-state index contributed by atoms with van der Waals surface area (Å²) in [5.41, 5.74) is 8.34. The molecular weight excluding hydrogens is 340 g/mol. The molecule has 4 rings (SSSR count). The first-order chi connectivity index (χ1) is 13.5. The predicted molar refractivity (Wildman–Crippen MR) is 117 cm³/mol. The van der Waals surface area contributed by atoms with Gasteiger partial charge in [0.25, 0.3) is 0 Å². The summed E-state index contributed by atoms with van der Waals surface area (Å²) in [5, 5.41) is 0. The Bertz CT molecular complexity index is 758. The Morgan fingerprint density at radius 3 is 1.32 bits per heavy atom. The Morgan fingerprint density at radius 1 is 0.714 bits per heavy atom. The Balaban J connectivity index is 1.55. The highest BCUT2D eigenvalue weighted by Gasteiger charge is 2.38. The van der Waals surface area contributed by atoms with Crippen LogP contribution < -0.4 is 0 Å². The van der Waals surface area contributed by atoms with Gasteiger partial charge in [-0.25, -0.2) is 0 Å². The average Bonchev–Trinajstić information content (AvgIpc) is 3.53. The zero-order chi connectivity index (χ0) is 19.8. The fraction of sp³-hybridized carbons (Fsp3) is 0.519. The number of carbonyl (C=O) groups is 1. The lowest BCUT2D eigenvalue weighted by Crippen LogP contribution is -2.16. The Labute approximate surface area is 170 Å². The van der Waals surface area contributed by atoms with E-state index in [1.54, 1.807) is 0 Å². The molecule has 2 aliphatic rings. The molecule has 2 aliphatic carbocycles. The molecule has 0 amide bonds. The summed E-state index contributed by atoms with van der Waals surface area (Å²) < 4.78 is 0. The van der Waals surface area contributed by atoms with Crippen LogP contribution in [0.4, 0.5) is 0 Å². The molecule has 0 aliphatic heterocycles. The van der Waals surface area contributed by atoms with E-state index in [1.807, 2.05) is 0 Å². The van der Waals surface area contributed by atoms with Crippen molar-refractivity contribution < 1.29 is 4.79 Å². The third kappa shape index (κ3) is 4.09. The van der Waals surface area contributed by atoms with E-state index in [0.717, 1.165) is 12.8 Å². The molecule has 0 unspecified atom stereocenters. The lowest BCUT2D eigenvalue weighted by Gasteiger charge is -2.24. The third-order valence-electron chi connectivity index (χ3n) is 7.10. The van der Waals surface area contributed by atoms with Crippen LogP contribution in [0.1, 0.15) is 83.7 Å². The maximum absolute atomic E-state index is 13.3. The molecule has 0 saturated heterocycles. The van der Waals surface area contributed by atoms with Crippen LogP contribution in [0.2, 0.25) is 0 Å². The zero-order valence-corrected chi connectivity index (χ0v) is 17.9. The minimum atomic E-state index is 0.423. The fourth-order valence-electron chi connectivity index (χ4n) is 5.40. The van der Waals surface area contributed by atoms with Gasteiger partial charge in [0.15, 0.2) is 0 Å². The number of Topliss-reactive ketones (excluding diaryl/α,β-unsaturated/α-hetero) is 1. The molecule has 2 saturated carbocycles. The molecule has 2 aromatic carbocycles. The van der Waals surface area contributed by atoms with Gasteiger partial charge in [-0.15, -0.1) is 0 Å². The van der Waals surface area contributed by atoms with E-state index in [1.165, 1.54) is 59.1 Å². The van der Waals surface area contributed by atoms with Crippen LogP contribution in [-0.2, 0) is 4.79 Å². The van der Waals surface area contributed by atoms with Crippen molar-refractivity contribution in [3.05, 3.63) is 69.8 Å². The molecule has 0 N–H and O–H groups in total. The van der Waals surface area contributed by atoms with E-state index in [2.05, 4.69) is 64.1 Å². The normalized spacial score (nSPS) is 18.7. The lowest BCUT2D eigenvalue weighted by molar-refractivity contribution is -0.120. The second-order valence-electron chi connectivity index (χ2n) is 9.45. The molecular formula is C27H34O. The first-order valence-corrected chi connectivity index (χ1v) is 11.1. The first-order valence-electron chi connectivity index (χ1n) is 11.1. The third-order valence-corrected chi connectivity index (χ3v) is 7.10. The van der Waals surface area contributed by atoms with Crippen molar-refractivity contribution in [3.8, 4) is 0 Å². The van der Waals surface area contributed by atoms with Gasteiger partial charge in [-0.05, 0) is 110 Å². The van der Waals surface area contributed by atoms with Crippen LogP contribution in [0, 0.1) is 39.5 Å². The van der Waals surface area contributed by atoms with E-state index >= 15 is 0 Å². The fourth-order valence-corrected chi connectivity index (χ4v) is 5.40. The number of aryl methyl sites for hydroxylation is 4. The van der Waals surface area contributed by atoms with Crippen molar-refractivity contribution >= 4 is 5.78 Å². The molecule has 0 heterocycles. The van der Waals surface area contributed by atoms with Crippen LogP contribution >= 0.6 is 0 Å². The number of carbonyl (C=O) groups excluding carboxylic acids is 1. The van der Waals surface area contributed by atoms with Crippen molar-refractivity contribution in [2.75, 3.05) is 0 Å². The maximum atomic E-state index is 13.3. The summed E-state index contributed by atoms with van der Waals surface area (Å²) in [6.07, 6.45) is 6.60. The molecule has 0 spiro atoms. The molecule has 2 aromatic rings. The first kappa shape index (κ1) is 19.4. The number of benzene rings is 2. The van der Waals surface area contributed by atoms with Gasteiger partial charge in [0.05, 0.1) is 0 Å². The van der Waals surface area contributed by atoms with Crippen LogP contribution in [0.5, 0.6) is 0 Å². The van der Waals surface area contributed by atoms with Crippen molar-refractivity contribution in [2.45, 2.75) is 78.1 Å². The van der Waals surface area contributed by atoms with Crippen molar-refractivity contribution in [2.24, 2.45) is 11.8 Å². The summed E-state index contributed by atoms with van der Waals surface area (Å²) in [6.45, 7) is 8.86. The maximum Gasteiger partial charge on any atom is 0.134 e. The highest BCUT2D eigenvalue weighted by Crippen LogP contribution is 2.49. The van der Waals surface area contributed by atoms with Crippen LogP contribution in [0.25, 0.3) is 0 Å². The lowest BCUT2D eigenvalue weighted by atomic mass is 9.79. The molecule has 2 fully saturated rings.